The molecule has 0 spiro atoms. The fourth-order valence-electron chi connectivity index (χ4n) is 0.813. The summed E-state index contributed by atoms with van der Waals surface area (Å²) >= 11 is 0. The van der Waals surface area contributed by atoms with Crippen LogP contribution in [0.4, 0.5) is 5.82 Å². The minimum absolute atomic E-state index is 0.0878. The lowest BCUT2D eigenvalue weighted by Gasteiger charge is -2.00. The van der Waals surface area contributed by atoms with Crippen molar-refractivity contribution in [1.82, 2.24) is 4.98 Å². The Morgan fingerprint density at radius 3 is 3.00 bits per heavy atom. The third kappa shape index (κ3) is 2.21. The Morgan fingerprint density at radius 2 is 2.42 bits per heavy atom. The van der Waals surface area contributed by atoms with Gasteiger partial charge in [-0.2, -0.15) is 0 Å². The topological polar surface area (TPSA) is 88.2 Å². The summed E-state index contributed by atoms with van der Waals surface area (Å²) in [6.45, 7) is 0. The van der Waals surface area contributed by atoms with Crippen LogP contribution in [0.3, 0.4) is 0 Å². The number of hydrazine groups is 1. The molecule has 0 atom stereocenters. The van der Waals surface area contributed by atoms with Gasteiger partial charge < -0.3 is 10.5 Å². The summed E-state index contributed by atoms with van der Waals surface area (Å²) in [4.78, 5) is 14.2. The van der Waals surface area contributed by atoms with Gasteiger partial charge >= 0.3 is 5.97 Å². The van der Waals surface area contributed by atoms with Crippen LogP contribution in [0.5, 0.6) is 0 Å². The molecule has 0 unspecified atom stereocenters. The summed E-state index contributed by atoms with van der Waals surface area (Å²) in [7, 11) is 0. The van der Waals surface area contributed by atoms with Crippen molar-refractivity contribution in [2.24, 2.45) is 5.84 Å². The van der Waals surface area contributed by atoms with Gasteiger partial charge in [0, 0.05) is 0 Å². The molecule has 5 nitrogen and oxygen atoms in total. The molecule has 5 heteroatoms. The molecule has 1 rings (SSSR count). The van der Waals surface area contributed by atoms with E-state index >= 15 is 0 Å². The van der Waals surface area contributed by atoms with Crippen molar-refractivity contribution in [3.8, 4) is 0 Å². The number of nitrogens with two attached hydrogens (primary N) is 1. The van der Waals surface area contributed by atoms with Crippen molar-refractivity contribution < 1.29 is 9.90 Å². The highest BCUT2D eigenvalue weighted by molar-refractivity contribution is 5.69. The van der Waals surface area contributed by atoms with Gasteiger partial charge in [0.05, 0.1) is 12.1 Å². The Labute approximate surface area is 69.2 Å². The number of anilines is 1. The Morgan fingerprint density at radius 1 is 1.67 bits per heavy atom. The van der Waals surface area contributed by atoms with Crippen LogP contribution < -0.4 is 11.3 Å². The first-order chi connectivity index (χ1) is 5.72. The summed E-state index contributed by atoms with van der Waals surface area (Å²) in [5.74, 6) is 4.65. The van der Waals surface area contributed by atoms with Gasteiger partial charge in [0.25, 0.3) is 0 Å². The van der Waals surface area contributed by atoms with Gasteiger partial charge in [0.15, 0.2) is 0 Å². The highest BCUT2D eigenvalue weighted by Gasteiger charge is 2.01. The highest BCUT2D eigenvalue weighted by Crippen LogP contribution is 2.03. The molecule has 0 aliphatic rings. The van der Waals surface area contributed by atoms with Crippen LogP contribution in [0, 0.1) is 0 Å². The first-order valence-corrected chi connectivity index (χ1v) is 3.36. The monoisotopic (exact) mass is 167 g/mol. The maximum absolute atomic E-state index is 10.3. The van der Waals surface area contributed by atoms with Crippen molar-refractivity contribution in [2.45, 2.75) is 6.42 Å². The fourth-order valence-corrected chi connectivity index (χ4v) is 0.813. The van der Waals surface area contributed by atoms with E-state index in [-0.39, 0.29) is 6.42 Å². The quantitative estimate of drug-likeness (QED) is 0.435. The fraction of sp³-hybridized carbons (Fsp3) is 0.143. The molecule has 1 heterocycles. The number of aliphatic carboxylic acids is 1. The smallest absolute Gasteiger partial charge is 0.309 e. The van der Waals surface area contributed by atoms with Gasteiger partial charge in [-0.25, -0.2) is 10.8 Å². The molecule has 0 radical (unpaired) electrons. The molecule has 0 saturated carbocycles. The number of nitrogen functional groups attached to an aromatic ring is 1. The first-order valence-electron chi connectivity index (χ1n) is 3.36. The number of carbonyl (C=O) groups is 1. The molecule has 1 aromatic heterocycles. The van der Waals surface area contributed by atoms with E-state index in [0.29, 0.717) is 11.5 Å². The van der Waals surface area contributed by atoms with E-state index in [2.05, 4.69) is 10.4 Å². The van der Waals surface area contributed by atoms with Gasteiger partial charge in [-0.05, 0) is 12.1 Å². The summed E-state index contributed by atoms with van der Waals surface area (Å²) in [6, 6.07) is 4.99. The van der Waals surface area contributed by atoms with E-state index < -0.39 is 5.97 Å². The van der Waals surface area contributed by atoms with E-state index in [1.54, 1.807) is 18.2 Å². The number of nitrogens with one attached hydrogen (secondary N) is 1. The minimum Gasteiger partial charge on any atom is -0.481 e. The Hall–Kier alpha value is -1.62. The van der Waals surface area contributed by atoms with E-state index in [1.165, 1.54) is 0 Å². The maximum Gasteiger partial charge on any atom is 0.309 e. The summed E-state index contributed by atoms with van der Waals surface area (Å²) in [5.41, 5.74) is 2.82. The third-order valence-corrected chi connectivity index (χ3v) is 1.29. The van der Waals surface area contributed by atoms with Gasteiger partial charge in [-0.15, -0.1) is 0 Å². The molecule has 0 saturated heterocycles. The number of carboxylic acid groups (broad SMARTS) is 1. The van der Waals surface area contributed by atoms with Crippen molar-refractivity contribution in [3.05, 3.63) is 23.9 Å². The lowest BCUT2D eigenvalue weighted by atomic mass is 10.3. The Balaban J connectivity index is 2.79. The second-order valence-corrected chi connectivity index (χ2v) is 2.23. The summed E-state index contributed by atoms with van der Waals surface area (Å²) in [6.07, 6.45) is -0.0878. The van der Waals surface area contributed by atoms with Crippen molar-refractivity contribution in [2.75, 3.05) is 5.43 Å². The molecule has 1 aromatic rings. The first kappa shape index (κ1) is 8.48. The summed E-state index contributed by atoms with van der Waals surface area (Å²) in [5, 5.41) is 8.44. The van der Waals surface area contributed by atoms with Crippen LogP contribution in [0.15, 0.2) is 18.2 Å². The third-order valence-electron chi connectivity index (χ3n) is 1.29. The van der Waals surface area contributed by atoms with E-state index in [0.717, 1.165) is 0 Å². The molecule has 0 bridgehead atoms. The average Bonchev–Trinajstić information content (AvgIpc) is 2.03. The predicted molar refractivity (Wildman–Crippen MR) is 43.4 cm³/mol. The van der Waals surface area contributed by atoms with Gasteiger partial charge in [-0.1, -0.05) is 6.07 Å². The van der Waals surface area contributed by atoms with Crippen LogP contribution >= 0.6 is 0 Å². The molecule has 0 amide bonds. The number of pyridine rings is 1. The number of hydrogen-bond donors (Lipinski definition) is 3. The van der Waals surface area contributed by atoms with Crippen LogP contribution in [0.2, 0.25) is 0 Å². The zero-order valence-electron chi connectivity index (χ0n) is 6.32. The van der Waals surface area contributed by atoms with Crippen molar-refractivity contribution >= 4 is 11.8 Å². The predicted octanol–water partition coefficient (Wildman–Crippen LogP) is -0.00570. The lowest BCUT2D eigenvalue weighted by Crippen LogP contribution is -2.10. The van der Waals surface area contributed by atoms with E-state index in [9.17, 15) is 4.79 Å². The van der Waals surface area contributed by atoms with Crippen molar-refractivity contribution in [3.63, 3.8) is 0 Å². The summed E-state index contributed by atoms with van der Waals surface area (Å²) < 4.78 is 0. The average molecular weight is 167 g/mol. The number of hydrogen-bond acceptors (Lipinski definition) is 4. The van der Waals surface area contributed by atoms with Gasteiger partial charge in [-0.3, -0.25) is 4.79 Å². The normalized spacial score (nSPS) is 9.42. The van der Waals surface area contributed by atoms with Gasteiger partial charge in [0.1, 0.15) is 5.82 Å². The van der Waals surface area contributed by atoms with Crippen LogP contribution in [-0.2, 0) is 11.2 Å². The van der Waals surface area contributed by atoms with Crippen LogP contribution in [0.25, 0.3) is 0 Å². The largest absolute Gasteiger partial charge is 0.481 e. The molecule has 4 N–H and O–H groups in total. The molecule has 0 aliphatic carbocycles. The number of aromatic nitrogens is 1. The van der Waals surface area contributed by atoms with Gasteiger partial charge in [0.2, 0.25) is 0 Å². The number of rotatable bonds is 3. The zero-order valence-corrected chi connectivity index (χ0v) is 6.32. The Kier molecular flexibility index (Phi) is 2.60. The molecule has 0 aromatic carbocycles. The van der Waals surface area contributed by atoms with Crippen molar-refractivity contribution in [1.29, 1.82) is 0 Å². The minimum atomic E-state index is -0.906. The molecule has 0 aliphatic heterocycles. The number of nitrogens with zero attached hydrogens (tertiary/aromatic N) is 1. The molecule has 64 valence electrons. The molecular formula is C7H9N3O2. The van der Waals surface area contributed by atoms with Crippen LogP contribution in [-0.4, -0.2) is 16.1 Å². The standard InChI is InChI=1S/C7H9N3O2/c8-10-6-3-1-2-5(9-6)4-7(11)12/h1-3H,4,8H2,(H,9,10)(H,11,12). The molecular weight excluding hydrogens is 158 g/mol. The second kappa shape index (κ2) is 3.68. The Bertz CT molecular complexity index is 288. The number of carboxylic acids is 1. The highest BCUT2D eigenvalue weighted by atomic mass is 16.4. The molecule has 12 heavy (non-hydrogen) atoms. The van der Waals surface area contributed by atoms with E-state index in [4.69, 9.17) is 10.9 Å². The SMILES string of the molecule is NNc1cccc(CC(=O)O)n1. The van der Waals surface area contributed by atoms with Crippen LogP contribution in [0.1, 0.15) is 5.69 Å². The zero-order chi connectivity index (χ0) is 8.97. The maximum atomic E-state index is 10.3. The second-order valence-electron chi connectivity index (χ2n) is 2.23. The molecule has 0 fully saturated rings. The lowest BCUT2D eigenvalue weighted by molar-refractivity contribution is -0.136. The van der Waals surface area contributed by atoms with E-state index in [1.807, 2.05) is 0 Å².